The van der Waals surface area contributed by atoms with Crippen LogP contribution in [-0.2, 0) is 18.9 Å². The number of nitro benzene ring substituents is 1. The number of nitrogens with zero attached hydrogens (tertiary/aromatic N) is 1. The number of esters is 2. The van der Waals surface area contributed by atoms with E-state index >= 15 is 0 Å². The molecular formula is C22H23NO10. The minimum absolute atomic E-state index is 0.138. The van der Waals surface area contributed by atoms with E-state index in [9.17, 15) is 29.9 Å². The van der Waals surface area contributed by atoms with Crippen LogP contribution in [0.25, 0.3) is 0 Å². The van der Waals surface area contributed by atoms with Crippen molar-refractivity contribution in [1.29, 1.82) is 0 Å². The van der Waals surface area contributed by atoms with E-state index in [2.05, 4.69) is 0 Å². The van der Waals surface area contributed by atoms with Crippen molar-refractivity contribution < 1.29 is 43.7 Å². The minimum atomic E-state index is -1.56. The van der Waals surface area contributed by atoms with E-state index in [1.54, 1.807) is 12.1 Å². The topological polar surface area (TPSA) is 155 Å². The van der Waals surface area contributed by atoms with Gasteiger partial charge in [-0.25, -0.2) is 9.59 Å². The molecule has 0 amide bonds. The Hall–Kier alpha value is -3.38. The Labute approximate surface area is 188 Å². The van der Waals surface area contributed by atoms with Crippen LogP contribution in [0.15, 0.2) is 48.5 Å². The predicted octanol–water partition coefficient (Wildman–Crippen LogP) is 1.38. The number of hydrogen-bond acceptors (Lipinski definition) is 10. The molecule has 0 spiro atoms. The van der Waals surface area contributed by atoms with Crippen molar-refractivity contribution in [1.82, 2.24) is 0 Å². The fourth-order valence-corrected chi connectivity index (χ4v) is 3.31. The summed E-state index contributed by atoms with van der Waals surface area (Å²) >= 11 is 0. The molecule has 1 aliphatic rings. The van der Waals surface area contributed by atoms with Crippen LogP contribution in [0, 0.1) is 17.0 Å². The van der Waals surface area contributed by atoms with E-state index in [1.165, 1.54) is 37.4 Å². The number of nitro groups is 1. The highest BCUT2D eigenvalue weighted by Crippen LogP contribution is 2.28. The van der Waals surface area contributed by atoms with Crippen molar-refractivity contribution in [3.8, 4) is 0 Å². The van der Waals surface area contributed by atoms with Crippen molar-refractivity contribution in [2.45, 2.75) is 37.6 Å². The first-order chi connectivity index (χ1) is 15.7. The Balaban J connectivity index is 1.88. The predicted molar refractivity (Wildman–Crippen MR) is 111 cm³/mol. The molecule has 2 N–H and O–H groups in total. The first-order valence-electron chi connectivity index (χ1n) is 9.95. The molecule has 0 radical (unpaired) electrons. The van der Waals surface area contributed by atoms with Crippen molar-refractivity contribution in [2.24, 2.45) is 0 Å². The lowest BCUT2D eigenvalue weighted by molar-refractivity contribution is -0.384. The first-order valence-corrected chi connectivity index (χ1v) is 9.95. The summed E-state index contributed by atoms with van der Waals surface area (Å²) in [4.78, 5) is 35.7. The van der Waals surface area contributed by atoms with Crippen molar-refractivity contribution >= 4 is 17.6 Å². The van der Waals surface area contributed by atoms with Gasteiger partial charge in [0.1, 0.15) is 12.2 Å². The lowest BCUT2D eigenvalue weighted by atomic mass is 9.98. The van der Waals surface area contributed by atoms with Crippen LogP contribution in [0.1, 0.15) is 26.3 Å². The molecule has 0 unspecified atom stereocenters. The van der Waals surface area contributed by atoms with E-state index in [0.717, 1.165) is 11.6 Å². The largest absolute Gasteiger partial charge is 0.452 e. The molecule has 33 heavy (non-hydrogen) atoms. The average Bonchev–Trinajstić information content (AvgIpc) is 2.81. The van der Waals surface area contributed by atoms with Crippen LogP contribution in [0.3, 0.4) is 0 Å². The molecule has 11 nitrogen and oxygen atoms in total. The molecule has 1 fully saturated rings. The van der Waals surface area contributed by atoms with Gasteiger partial charge in [-0.15, -0.1) is 0 Å². The molecule has 0 bridgehead atoms. The number of rotatable bonds is 7. The number of ether oxygens (including phenoxy) is 4. The summed E-state index contributed by atoms with van der Waals surface area (Å²) in [6.07, 6.45) is -6.94. The van der Waals surface area contributed by atoms with Crippen LogP contribution in [0.4, 0.5) is 5.69 Å². The van der Waals surface area contributed by atoms with Crippen LogP contribution in [0.5, 0.6) is 0 Å². The number of carbonyl (C=O) groups is 2. The molecule has 1 heterocycles. The highest BCUT2D eigenvalue weighted by Gasteiger charge is 2.50. The Morgan fingerprint density at radius 1 is 1.06 bits per heavy atom. The van der Waals surface area contributed by atoms with Gasteiger partial charge in [0.05, 0.1) is 22.7 Å². The van der Waals surface area contributed by atoms with E-state index < -0.39 is 54.2 Å². The van der Waals surface area contributed by atoms with E-state index in [-0.39, 0.29) is 16.8 Å². The van der Waals surface area contributed by atoms with Crippen molar-refractivity contribution in [3.05, 3.63) is 75.3 Å². The van der Waals surface area contributed by atoms with E-state index in [4.69, 9.17) is 18.9 Å². The first kappa shape index (κ1) is 24.3. The van der Waals surface area contributed by atoms with Gasteiger partial charge in [-0.05, 0) is 25.1 Å². The normalized spacial score (nSPS) is 24.7. The lowest BCUT2D eigenvalue weighted by Gasteiger charge is -2.42. The van der Waals surface area contributed by atoms with E-state index in [0.29, 0.717) is 0 Å². The molecule has 176 valence electrons. The number of methoxy groups -OCH3 is 1. The van der Waals surface area contributed by atoms with Gasteiger partial charge in [0.2, 0.25) is 0 Å². The number of non-ortho nitro benzene ring substituents is 1. The van der Waals surface area contributed by atoms with Crippen LogP contribution >= 0.6 is 0 Å². The zero-order chi connectivity index (χ0) is 24.1. The fraction of sp³-hybridized carbons (Fsp3) is 0.364. The van der Waals surface area contributed by atoms with E-state index in [1.807, 2.05) is 6.92 Å². The van der Waals surface area contributed by atoms with Gasteiger partial charge in [-0.3, -0.25) is 10.1 Å². The molecule has 0 aliphatic carbocycles. The minimum Gasteiger partial charge on any atom is -0.452 e. The standard InChI is InChI=1S/C22H23NO10/c1-12-6-8-13(9-7-12)20(26)32-18-17(25)16(11-24)31-22(30-2)19(18)33-21(27)14-4-3-5-15(10-14)23(28)29/h3-10,16-19,22,24-25H,11H2,1-2H3/t16-,17+,18+,19+,22-/m1/s1. The fourth-order valence-electron chi connectivity index (χ4n) is 3.31. The Morgan fingerprint density at radius 3 is 2.30 bits per heavy atom. The summed E-state index contributed by atoms with van der Waals surface area (Å²) in [7, 11) is 1.24. The smallest absolute Gasteiger partial charge is 0.338 e. The zero-order valence-electron chi connectivity index (χ0n) is 17.8. The average molecular weight is 461 g/mol. The number of carbonyl (C=O) groups excluding carboxylic acids is 2. The van der Waals surface area contributed by atoms with Crippen LogP contribution in [0.2, 0.25) is 0 Å². The molecule has 2 aromatic rings. The maximum atomic E-state index is 12.7. The van der Waals surface area contributed by atoms with Gasteiger partial charge < -0.3 is 29.2 Å². The monoisotopic (exact) mass is 461 g/mol. The summed E-state index contributed by atoms with van der Waals surface area (Å²) < 4.78 is 21.5. The second-order valence-corrected chi connectivity index (χ2v) is 7.37. The van der Waals surface area contributed by atoms with Gasteiger partial charge in [-0.2, -0.15) is 0 Å². The summed E-state index contributed by atoms with van der Waals surface area (Å²) in [5, 5.41) is 31.2. The van der Waals surface area contributed by atoms with Gasteiger partial charge in [0.15, 0.2) is 18.5 Å². The van der Waals surface area contributed by atoms with Crippen LogP contribution in [-0.4, -0.2) is 71.5 Å². The third kappa shape index (κ3) is 5.52. The Bertz CT molecular complexity index is 1010. The Kier molecular flexibility index (Phi) is 7.71. The summed E-state index contributed by atoms with van der Waals surface area (Å²) in [6, 6.07) is 11.3. The summed E-state index contributed by atoms with van der Waals surface area (Å²) in [5.41, 5.74) is 0.649. The third-order valence-electron chi connectivity index (χ3n) is 5.10. The lowest BCUT2D eigenvalue weighted by Crippen LogP contribution is -2.61. The quantitative estimate of drug-likeness (QED) is 0.351. The van der Waals surface area contributed by atoms with Gasteiger partial charge in [-0.1, -0.05) is 23.8 Å². The van der Waals surface area contributed by atoms with Crippen molar-refractivity contribution in [2.75, 3.05) is 13.7 Å². The molecular weight excluding hydrogens is 438 g/mol. The highest BCUT2D eigenvalue weighted by molar-refractivity contribution is 5.91. The molecule has 1 aliphatic heterocycles. The molecule has 11 heteroatoms. The summed E-state index contributed by atoms with van der Waals surface area (Å²) in [6.45, 7) is 1.22. The molecule has 0 aromatic heterocycles. The maximum absolute atomic E-state index is 12.7. The molecule has 1 saturated heterocycles. The number of aliphatic hydroxyl groups excluding tert-OH is 2. The second kappa shape index (κ2) is 10.5. The summed E-state index contributed by atoms with van der Waals surface area (Å²) in [5.74, 6) is -1.79. The molecule has 5 atom stereocenters. The second-order valence-electron chi connectivity index (χ2n) is 7.37. The zero-order valence-corrected chi connectivity index (χ0v) is 17.8. The van der Waals surface area contributed by atoms with Gasteiger partial charge in [0, 0.05) is 19.2 Å². The number of benzene rings is 2. The highest BCUT2D eigenvalue weighted by atomic mass is 16.7. The third-order valence-corrected chi connectivity index (χ3v) is 5.10. The number of aryl methyl sites for hydroxylation is 1. The molecule has 0 saturated carbocycles. The van der Waals surface area contributed by atoms with Gasteiger partial charge >= 0.3 is 11.9 Å². The SMILES string of the molecule is CO[C@@H]1O[C@H](CO)[C@H](O)[C@H](OC(=O)c2ccc(C)cc2)[C@@H]1OC(=O)c1cccc([N+](=O)[O-])c1. The Morgan fingerprint density at radius 2 is 1.70 bits per heavy atom. The molecule has 3 rings (SSSR count). The maximum Gasteiger partial charge on any atom is 0.338 e. The van der Waals surface area contributed by atoms with Crippen molar-refractivity contribution in [3.63, 3.8) is 0 Å². The number of hydrogen-bond donors (Lipinski definition) is 2. The molecule has 2 aromatic carbocycles. The number of aliphatic hydroxyl groups is 2. The van der Waals surface area contributed by atoms with Crippen LogP contribution < -0.4 is 0 Å². The van der Waals surface area contributed by atoms with Gasteiger partial charge in [0.25, 0.3) is 5.69 Å².